The minimum Gasteiger partial charge on any atom is -0.366 e. The molecule has 4 rings (SSSR count). The van der Waals surface area contributed by atoms with Gasteiger partial charge in [-0.1, -0.05) is 18.2 Å². The number of piperidine rings is 1. The highest BCUT2D eigenvalue weighted by atomic mass is 19.1. The number of anilines is 1. The zero-order valence-corrected chi connectivity index (χ0v) is 16.8. The van der Waals surface area contributed by atoms with E-state index in [9.17, 15) is 19.3 Å². The highest BCUT2D eigenvalue weighted by Gasteiger charge is 2.28. The van der Waals surface area contributed by atoms with Crippen molar-refractivity contribution in [3.8, 4) is 5.69 Å². The Labute approximate surface area is 178 Å². The molecule has 1 saturated heterocycles. The number of nitrogens with one attached hydrogen (secondary N) is 1. The summed E-state index contributed by atoms with van der Waals surface area (Å²) in [6, 6.07) is 11.5. The molecule has 0 aliphatic carbocycles. The summed E-state index contributed by atoms with van der Waals surface area (Å²) in [5.74, 6) is -0.641. The molecule has 1 aromatic heterocycles. The average molecular weight is 423 g/mol. The largest absolute Gasteiger partial charge is 0.366 e. The van der Waals surface area contributed by atoms with Gasteiger partial charge in [0, 0.05) is 44.0 Å². The summed E-state index contributed by atoms with van der Waals surface area (Å²) in [7, 11) is 0. The molecule has 1 aliphatic heterocycles. The van der Waals surface area contributed by atoms with Crippen molar-refractivity contribution in [2.24, 2.45) is 5.92 Å². The van der Waals surface area contributed by atoms with E-state index < -0.39 is 0 Å². The number of halogens is 1. The molecule has 1 fully saturated rings. The van der Waals surface area contributed by atoms with E-state index in [1.165, 1.54) is 18.5 Å². The van der Waals surface area contributed by atoms with Crippen molar-refractivity contribution >= 4 is 17.3 Å². The zero-order chi connectivity index (χ0) is 21.8. The van der Waals surface area contributed by atoms with Crippen LogP contribution < -0.4 is 10.2 Å². The van der Waals surface area contributed by atoms with Gasteiger partial charge in [-0.2, -0.15) is 0 Å². The van der Waals surface area contributed by atoms with Crippen molar-refractivity contribution < 1.29 is 14.1 Å². The average Bonchev–Trinajstić information content (AvgIpc) is 3.32. The smallest absolute Gasteiger partial charge is 0.292 e. The maximum absolute atomic E-state index is 14.4. The Bertz CT molecular complexity index is 1080. The van der Waals surface area contributed by atoms with Crippen LogP contribution in [0.4, 0.5) is 15.8 Å². The van der Waals surface area contributed by atoms with Gasteiger partial charge in [0.15, 0.2) is 0 Å². The molecule has 160 valence electrons. The highest BCUT2D eigenvalue weighted by molar-refractivity contribution is 5.79. The summed E-state index contributed by atoms with van der Waals surface area (Å²) < 4.78 is 16.0. The van der Waals surface area contributed by atoms with Crippen LogP contribution in [0.2, 0.25) is 0 Å². The Hall–Kier alpha value is -3.75. The lowest BCUT2D eigenvalue weighted by molar-refractivity contribution is -0.384. The number of carbonyl (C=O) groups excluding carboxylic acids is 1. The van der Waals surface area contributed by atoms with Crippen LogP contribution in [-0.2, 0) is 11.3 Å². The molecule has 0 atom stereocenters. The van der Waals surface area contributed by atoms with Crippen LogP contribution in [0.5, 0.6) is 0 Å². The van der Waals surface area contributed by atoms with Gasteiger partial charge in [-0.25, -0.2) is 9.37 Å². The van der Waals surface area contributed by atoms with E-state index in [4.69, 9.17) is 0 Å². The van der Waals surface area contributed by atoms with Crippen molar-refractivity contribution in [2.75, 3.05) is 18.0 Å². The fraction of sp³-hybridized carbons (Fsp3) is 0.273. The maximum atomic E-state index is 14.4. The highest BCUT2D eigenvalue weighted by Crippen LogP contribution is 2.31. The number of carbonyl (C=O) groups is 1. The lowest BCUT2D eigenvalue weighted by atomic mass is 9.95. The molecule has 9 heteroatoms. The summed E-state index contributed by atoms with van der Waals surface area (Å²) in [6.07, 6.45) is 5.97. The van der Waals surface area contributed by atoms with E-state index in [1.807, 2.05) is 4.90 Å². The van der Waals surface area contributed by atoms with E-state index >= 15 is 0 Å². The van der Waals surface area contributed by atoms with Crippen LogP contribution in [0.3, 0.4) is 0 Å². The summed E-state index contributed by atoms with van der Waals surface area (Å²) in [5.41, 5.74) is 1.73. The van der Waals surface area contributed by atoms with Gasteiger partial charge >= 0.3 is 0 Å². The number of nitro groups is 1. The molecule has 31 heavy (non-hydrogen) atoms. The molecular weight excluding hydrogens is 401 g/mol. The quantitative estimate of drug-likeness (QED) is 0.484. The van der Waals surface area contributed by atoms with E-state index in [2.05, 4.69) is 10.3 Å². The van der Waals surface area contributed by atoms with E-state index in [1.54, 1.807) is 47.3 Å². The van der Waals surface area contributed by atoms with Crippen molar-refractivity contribution in [3.05, 3.63) is 82.7 Å². The number of benzene rings is 2. The van der Waals surface area contributed by atoms with Crippen LogP contribution in [0.1, 0.15) is 18.4 Å². The third-order valence-corrected chi connectivity index (χ3v) is 5.55. The summed E-state index contributed by atoms with van der Waals surface area (Å²) in [6.45, 7) is 1.37. The molecule has 0 unspecified atom stereocenters. The molecule has 0 spiro atoms. The first-order valence-electron chi connectivity index (χ1n) is 10.1. The van der Waals surface area contributed by atoms with Crippen LogP contribution in [-0.4, -0.2) is 33.5 Å². The molecular formula is C22H22FN5O3. The molecule has 3 aromatic rings. The van der Waals surface area contributed by atoms with Crippen molar-refractivity contribution in [1.82, 2.24) is 14.9 Å². The standard InChI is InChI=1S/C22H22FN5O3/c23-18-13-16(5-6-19(18)27-12-9-24-15-27)14-25-22(29)17-7-10-26(11-8-17)20-3-1-2-4-21(20)28(30)31/h1-6,9,12-13,15,17H,7-8,10-11,14H2,(H,25,29). The third kappa shape index (κ3) is 4.55. The molecule has 2 aromatic carbocycles. The van der Waals surface area contributed by atoms with Crippen LogP contribution in [0.25, 0.3) is 5.69 Å². The number of rotatable bonds is 6. The predicted octanol–water partition coefficient (Wildman–Crippen LogP) is 3.45. The zero-order valence-electron chi connectivity index (χ0n) is 16.8. The number of hydrogen-bond donors (Lipinski definition) is 1. The van der Waals surface area contributed by atoms with Gasteiger partial charge < -0.3 is 14.8 Å². The van der Waals surface area contributed by atoms with Gasteiger partial charge in [0.25, 0.3) is 5.69 Å². The lowest BCUT2D eigenvalue weighted by Gasteiger charge is -2.32. The molecule has 0 radical (unpaired) electrons. The topological polar surface area (TPSA) is 93.3 Å². The molecule has 8 nitrogen and oxygen atoms in total. The Morgan fingerprint density at radius 2 is 1.97 bits per heavy atom. The van der Waals surface area contributed by atoms with Gasteiger partial charge in [0.2, 0.25) is 5.91 Å². The minimum atomic E-state index is -0.387. The normalized spacial score (nSPS) is 14.4. The molecule has 0 saturated carbocycles. The number of hydrogen-bond acceptors (Lipinski definition) is 5. The second-order valence-electron chi connectivity index (χ2n) is 7.48. The van der Waals surface area contributed by atoms with Gasteiger partial charge in [-0.05, 0) is 36.6 Å². The number of para-hydroxylation sites is 2. The number of imidazole rings is 1. The summed E-state index contributed by atoms with van der Waals surface area (Å²) >= 11 is 0. The second kappa shape index (κ2) is 8.95. The second-order valence-corrected chi connectivity index (χ2v) is 7.48. The monoisotopic (exact) mass is 423 g/mol. The van der Waals surface area contributed by atoms with Crippen molar-refractivity contribution in [1.29, 1.82) is 0 Å². The number of aromatic nitrogens is 2. The SMILES string of the molecule is O=C(NCc1ccc(-n2ccnc2)c(F)c1)C1CCN(c2ccccc2[N+](=O)[O-])CC1. The molecule has 2 heterocycles. The van der Waals surface area contributed by atoms with E-state index in [-0.39, 0.29) is 34.8 Å². The summed E-state index contributed by atoms with van der Waals surface area (Å²) in [4.78, 5) is 29.3. The number of nitrogens with zero attached hydrogens (tertiary/aromatic N) is 4. The van der Waals surface area contributed by atoms with Gasteiger partial charge in [0.05, 0.1) is 16.9 Å². The third-order valence-electron chi connectivity index (χ3n) is 5.55. The molecule has 0 bridgehead atoms. The van der Waals surface area contributed by atoms with E-state index in [0.29, 0.717) is 42.9 Å². The molecule has 1 amide bonds. The minimum absolute atomic E-state index is 0.0755. The first-order chi connectivity index (χ1) is 15.0. The molecule has 1 N–H and O–H groups in total. The van der Waals surface area contributed by atoms with Gasteiger partial charge in [0.1, 0.15) is 11.5 Å². The van der Waals surface area contributed by atoms with Gasteiger partial charge in [-0.15, -0.1) is 0 Å². The van der Waals surface area contributed by atoms with Gasteiger partial charge in [-0.3, -0.25) is 14.9 Å². The number of amides is 1. The maximum Gasteiger partial charge on any atom is 0.292 e. The van der Waals surface area contributed by atoms with E-state index in [0.717, 1.165) is 0 Å². The Kier molecular flexibility index (Phi) is 5.92. The summed E-state index contributed by atoms with van der Waals surface area (Å²) in [5, 5.41) is 14.1. The van der Waals surface area contributed by atoms with Crippen LogP contribution in [0.15, 0.2) is 61.2 Å². The predicted molar refractivity (Wildman–Crippen MR) is 113 cm³/mol. The first kappa shape index (κ1) is 20.5. The first-order valence-corrected chi connectivity index (χ1v) is 10.1. The fourth-order valence-electron chi connectivity index (χ4n) is 3.87. The number of nitro benzene ring substituents is 1. The Morgan fingerprint density at radius 3 is 2.65 bits per heavy atom. The lowest BCUT2D eigenvalue weighted by Crippen LogP contribution is -2.40. The fourth-order valence-corrected chi connectivity index (χ4v) is 3.87. The van der Waals surface area contributed by atoms with Crippen molar-refractivity contribution in [2.45, 2.75) is 19.4 Å². The van der Waals surface area contributed by atoms with Crippen LogP contribution >= 0.6 is 0 Å². The molecule has 1 aliphatic rings. The van der Waals surface area contributed by atoms with Crippen LogP contribution in [0, 0.1) is 21.8 Å². The van der Waals surface area contributed by atoms with Crippen molar-refractivity contribution in [3.63, 3.8) is 0 Å². The Balaban J connectivity index is 1.32. The Morgan fingerprint density at radius 1 is 1.19 bits per heavy atom.